The first-order chi connectivity index (χ1) is 13.2. The molecule has 0 aliphatic rings. The Morgan fingerprint density at radius 1 is 1.21 bits per heavy atom. The molecule has 0 aliphatic carbocycles. The van der Waals surface area contributed by atoms with Gasteiger partial charge in [-0.1, -0.05) is 0 Å². The van der Waals surface area contributed by atoms with Gasteiger partial charge in [0.1, 0.15) is 11.5 Å². The van der Waals surface area contributed by atoms with E-state index in [2.05, 4.69) is 5.32 Å². The zero-order chi connectivity index (χ0) is 20.7. The highest BCUT2D eigenvalue weighted by Crippen LogP contribution is 2.28. The predicted molar refractivity (Wildman–Crippen MR) is 100 cm³/mol. The van der Waals surface area contributed by atoms with Gasteiger partial charge in [0.25, 0.3) is 5.91 Å². The summed E-state index contributed by atoms with van der Waals surface area (Å²) in [5.74, 6) is -0.258. The van der Waals surface area contributed by atoms with Crippen LogP contribution in [0.25, 0.3) is 0 Å². The number of rotatable bonds is 9. The molecule has 152 valence electrons. The van der Waals surface area contributed by atoms with Gasteiger partial charge in [0.05, 0.1) is 30.4 Å². The van der Waals surface area contributed by atoms with E-state index >= 15 is 0 Å². The molecule has 1 aromatic carbocycles. The van der Waals surface area contributed by atoms with E-state index in [1.807, 2.05) is 0 Å². The summed E-state index contributed by atoms with van der Waals surface area (Å²) in [6.45, 7) is -0.509. The Hall–Kier alpha value is -2.85. The van der Waals surface area contributed by atoms with Crippen molar-refractivity contribution in [1.29, 1.82) is 0 Å². The number of hydrogen-bond donors (Lipinski definition) is 1. The van der Waals surface area contributed by atoms with E-state index in [0.29, 0.717) is 12.2 Å². The van der Waals surface area contributed by atoms with Crippen molar-refractivity contribution in [3.05, 3.63) is 42.4 Å². The number of ether oxygens (including phenoxy) is 2. The van der Waals surface area contributed by atoms with Gasteiger partial charge in [-0.2, -0.15) is 0 Å². The van der Waals surface area contributed by atoms with Crippen LogP contribution < -0.4 is 10.1 Å². The average Bonchev–Trinajstić information content (AvgIpc) is 3.18. The number of methoxy groups -OCH3 is 1. The Morgan fingerprint density at radius 2 is 1.96 bits per heavy atom. The molecule has 0 unspecified atom stereocenters. The zero-order valence-corrected chi connectivity index (χ0v) is 16.6. The number of nitrogens with zero attached hydrogens (tertiary/aromatic N) is 1. The lowest BCUT2D eigenvalue weighted by Gasteiger charge is -2.15. The van der Waals surface area contributed by atoms with Crippen LogP contribution in [-0.2, 0) is 30.8 Å². The number of benzene rings is 1. The van der Waals surface area contributed by atoms with Crippen molar-refractivity contribution in [2.24, 2.45) is 0 Å². The number of anilines is 1. The molecule has 1 heterocycles. The van der Waals surface area contributed by atoms with Crippen LogP contribution in [0.4, 0.5) is 5.69 Å². The largest absolute Gasteiger partial charge is 0.495 e. The highest BCUT2D eigenvalue weighted by molar-refractivity contribution is 7.89. The minimum atomic E-state index is -3.68. The first-order valence-electron chi connectivity index (χ1n) is 8.32. The van der Waals surface area contributed by atoms with E-state index in [0.717, 1.165) is 4.31 Å². The molecule has 1 aromatic heterocycles. The van der Waals surface area contributed by atoms with Crippen molar-refractivity contribution >= 4 is 27.6 Å². The standard InChI is InChI=1S/C18H22N2O7S/c1-20(2)28(23,24)14-7-8-16(25-3)15(11-14)19-17(21)12-27-18(22)9-6-13-5-4-10-26-13/h4-5,7-8,10-11H,6,9,12H2,1-3H3,(H,19,21). The Kier molecular flexibility index (Phi) is 7.18. The molecule has 0 saturated heterocycles. The van der Waals surface area contributed by atoms with Gasteiger partial charge in [-0.3, -0.25) is 9.59 Å². The Bertz CT molecular complexity index is 921. The monoisotopic (exact) mass is 410 g/mol. The molecule has 0 radical (unpaired) electrons. The number of hydrogen-bond acceptors (Lipinski definition) is 7. The third kappa shape index (κ3) is 5.57. The number of amides is 1. The fraction of sp³-hybridized carbons (Fsp3) is 0.333. The van der Waals surface area contributed by atoms with Gasteiger partial charge in [0.15, 0.2) is 6.61 Å². The van der Waals surface area contributed by atoms with Crippen LogP contribution in [0.15, 0.2) is 45.9 Å². The number of nitrogens with one attached hydrogen (secondary N) is 1. The lowest BCUT2D eigenvalue weighted by Crippen LogP contribution is -2.23. The number of furan rings is 1. The molecule has 9 nitrogen and oxygen atoms in total. The quantitative estimate of drug-likeness (QED) is 0.625. The fourth-order valence-corrected chi connectivity index (χ4v) is 3.17. The summed E-state index contributed by atoms with van der Waals surface area (Å²) in [4.78, 5) is 23.8. The minimum absolute atomic E-state index is 0.0101. The molecule has 28 heavy (non-hydrogen) atoms. The third-order valence-electron chi connectivity index (χ3n) is 3.74. The van der Waals surface area contributed by atoms with Gasteiger partial charge in [-0.05, 0) is 30.3 Å². The zero-order valence-electron chi connectivity index (χ0n) is 15.8. The SMILES string of the molecule is COc1ccc(S(=O)(=O)N(C)C)cc1NC(=O)COC(=O)CCc1ccco1. The molecule has 1 N–H and O–H groups in total. The number of carbonyl (C=O) groups is 2. The summed E-state index contributed by atoms with van der Waals surface area (Å²) in [7, 11) is 0.512. The molecule has 0 fully saturated rings. The van der Waals surface area contributed by atoms with E-state index in [1.165, 1.54) is 45.7 Å². The van der Waals surface area contributed by atoms with Crippen LogP contribution in [-0.4, -0.2) is 52.4 Å². The second-order valence-electron chi connectivity index (χ2n) is 5.94. The van der Waals surface area contributed by atoms with Crippen LogP contribution in [0.3, 0.4) is 0 Å². The lowest BCUT2D eigenvalue weighted by atomic mass is 10.2. The van der Waals surface area contributed by atoms with Crippen LogP contribution in [0.2, 0.25) is 0 Å². The summed E-state index contributed by atoms with van der Waals surface area (Å²) in [5, 5.41) is 2.50. The molecule has 0 aliphatic heterocycles. The first-order valence-corrected chi connectivity index (χ1v) is 9.76. The smallest absolute Gasteiger partial charge is 0.306 e. The van der Waals surface area contributed by atoms with E-state index < -0.39 is 28.5 Å². The van der Waals surface area contributed by atoms with Gasteiger partial charge in [-0.15, -0.1) is 0 Å². The van der Waals surface area contributed by atoms with Crippen molar-refractivity contribution in [2.45, 2.75) is 17.7 Å². The fourth-order valence-electron chi connectivity index (χ4n) is 2.24. The van der Waals surface area contributed by atoms with Crippen molar-refractivity contribution in [3.8, 4) is 5.75 Å². The maximum atomic E-state index is 12.2. The van der Waals surface area contributed by atoms with E-state index in [1.54, 1.807) is 12.1 Å². The third-order valence-corrected chi connectivity index (χ3v) is 5.55. The highest BCUT2D eigenvalue weighted by Gasteiger charge is 2.20. The van der Waals surface area contributed by atoms with Gasteiger partial charge in [0, 0.05) is 20.5 Å². The molecule has 0 atom stereocenters. The van der Waals surface area contributed by atoms with E-state index in [-0.39, 0.29) is 22.8 Å². The molecule has 2 aromatic rings. The highest BCUT2D eigenvalue weighted by atomic mass is 32.2. The summed E-state index contributed by atoms with van der Waals surface area (Å²) >= 11 is 0. The predicted octanol–water partition coefficient (Wildman–Crippen LogP) is 1.65. The molecule has 1 amide bonds. The molecular weight excluding hydrogens is 388 g/mol. The van der Waals surface area contributed by atoms with Crippen LogP contribution in [0.5, 0.6) is 5.75 Å². The number of sulfonamides is 1. The second kappa shape index (κ2) is 9.38. The first kappa shape index (κ1) is 21.5. The van der Waals surface area contributed by atoms with E-state index in [9.17, 15) is 18.0 Å². The van der Waals surface area contributed by atoms with Gasteiger partial charge in [-0.25, -0.2) is 12.7 Å². The van der Waals surface area contributed by atoms with Gasteiger partial charge < -0.3 is 19.2 Å². The van der Waals surface area contributed by atoms with Crippen molar-refractivity contribution in [2.75, 3.05) is 33.1 Å². The molecule has 2 rings (SSSR count). The summed E-state index contributed by atoms with van der Waals surface area (Å²) in [6.07, 6.45) is 1.94. The van der Waals surface area contributed by atoms with Crippen molar-refractivity contribution in [1.82, 2.24) is 4.31 Å². The molecular formula is C18H22N2O7S. The Morgan fingerprint density at radius 3 is 2.57 bits per heavy atom. The van der Waals surface area contributed by atoms with Crippen LogP contribution in [0.1, 0.15) is 12.2 Å². The normalized spacial score (nSPS) is 11.3. The lowest BCUT2D eigenvalue weighted by molar-refractivity contribution is -0.147. The molecule has 0 saturated carbocycles. The molecule has 0 bridgehead atoms. The van der Waals surface area contributed by atoms with Gasteiger partial charge in [0.2, 0.25) is 10.0 Å². The topological polar surface area (TPSA) is 115 Å². The maximum absolute atomic E-state index is 12.2. The number of aryl methyl sites for hydroxylation is 1. The second-order valence-corrected chi connectivity index (χ2v) is 8.09. The molecule has 0 spiro atoms. The van der Waals surface area contributed by atoms with Crippen LogP contribution in [0, 0.1) is 0 Å². The van der Waals surface area contributed by atoms with Crippen LogP contribution >= 0.6 is 0 Å². The summed E-state index contributed by atoms with van der Waals surface area (Å²) in [6, 6.07) is 7.54. The minimum Gasteiger partial charge on any atom is -0.495 e. The number of esters is 1. The van der Waals surface area contributed by atoms with Gasteiger partial charge >= 0.3 is 5.97 Å². The summed E-state index contributed by atoms with van der Waals surface area (Å²) in [5.41, 5.74) is 0.155. The summed E-state index contributed by atoms with van der Waals surface area (Å²) < 4.78 is 40.7. The van der Waals surface area contributed by atoms with Crippen molar-refractivity contribution in [3.63, 3.8) is 0 Å². The van der Waals surface area contributed by atoms with Crippen molar-refractivity contribution < 1.29 is 31.9 Å². The number of carbonyl (C=O) groups excluding carboxylic acids is 2. The average molecular weight is 410 g/mol. The Balaban J connectivity index is 1.97. The molecule has 10 heteroatoms. The van der Waals surface area contributed by atoms with E-state index in [4.69, 9.17) is 13.9 Å². The Labute approximate surface area is 163 Å². The maximum Gasteiger partial charge on any atom is 0.306 e.